The Labute approximate surface area is 253 Å². The lowest BCUT2D eigenvalue weighted by Crippen LogP contribution is -2.44. The van der Waals surface area contributed by atoms with Crippen molar-refractivity contribution in [1.82, 2.24) is 16.0 Å². The minimum absolute atomic E-state index is 0.00778. The van der Waals surface area contributed by atoms with E-state index in [1.165, 1.54) is 12.1 Å². The zero-order chi connectivity index (χ0) is 30.0. The Hall–Kier alpha value is -3.34. The largest absolute Gasteiger partial charge is 0.443 e. The lowest BCUT2D eigenvalue weighted by atomic mass is 10.0. The van der Waals surface area contributed by atoms with Crippen LogP contribution in [-0.4, -0.2) is 42.0 Å². The van der Waals surface area contributed by atoms with E-state index in [4.69, 9.17) is 37.2 Å². The molecule has 1 saturated carbocycles. The van der Waals surface area contributed by atoms with Gasteiger partial charge in [-0.3, -0.25) is 10.2 Å². The zero-order valence-electron chi connectivity index (χ0n) is 23.6. The Kier molecular flexibility index (Phi) is 8.96. The number of rotatable bonds is 7. The SMILES string of the molecule is CC(C)(C)OC(=O)NNC(=O)c1ccc(N2CCC(OCc3c(-c4c(Cl)cccc4Cl)noc3C3CC3)CC2)cc1F. The molecule has 2 amide bonds. The van der Waals surface area contributed by atoms with Gasteiger partial charge in [-0.15, -0.1) is 0 Å². The Bertz CT molecular complexity index is 1440. The third kappa shape index (κ3) is 7.17. The molecule has 2 aliphatic rings. The van der Waals surface area contributed by atoms with Crippen molar-refractivity contribution in [2.75, 3.05) is 18.0 Å². The van der Waals surface area contributed by atoms with Crippen LogP contribution in [0.2, 0.25) is 10.0 Å². The maximum absolute atomic E-state index is 14.9. The van der Waals surface area contributed by atoms with E-state index in [0.29, 0.717) is 52.6 Å². The van der Waals surface area contributed by atoms with Crippen molar-refractivity contribution in [1.29, 1.82) is 0 Å². The van der Waals surface area contributed by atoms with E-state index in [1.807, 2.05) is 4.90 Å². The summed E-state index contributed by atoms with van der Waals surface area (Å²) >= 11 is 12.9. The number of nitrogens with zero attached hydrogens (tertiary/aromatic N) is 2. The number of hydrogen-bond acceptors (Lipinski definition) is 7. The van der Waals surface area contributed by atoms with Crippen molar-refractivity contribution < 1.29 is 28.0 Å². The van der Waals surface area contributed by atoms with Gasteiger partial charge in [0, 0.05) is 35.8 Å². The number of amides is 2. The fourth-order valence-electron chi connectivity index (χ4n) is 4.89. The van der Waals surface area contributed by atoms with Crippen LogP contribution >= 0.6 is 23.2 Å². The van der Waals surface area contributed by atoms with Gasteiger partial charge in [0.05, 0.1) is 28.3 Å². The van der Waals surface area contributed by atoms with E-state index in [9.17, 15) is 14.0 Å². The Morgan fingerprint density at radius 3 is 2.38 bits per heavy atom. The van der Waals surface area contributed by atoms with Gasteiger partial charge in [-0.1, -0.05) is 34.4 Å². The summed E-state index contributed by atoms with van der Waals surface area (Å²) in [6.07, 6.45) is 2.72. The molecule has 5 rings (SSSR count). The molecule has 0 unspecified atom stereocenters. The predicted molar refractivity (Wildman–Crippen MR) is 157 cm³/mol. The van der Waals surface area contributed by atoms with Crippen LogP contribution in [0.1, 0.15) is 74.1 Å². The van der Waals surface area contributed by atoms with Crippen molar-refractivity contribution >= 4 is 40.9 Å². The predicted octanol–water partition coefficient (Wildman–Crippen LogP) is 7.02. The second-order valence-corrected chi connectivity index (χ2v) is 12.3. The number of aromatic nitrogens is 1. The van der Waals surface area contributed by atoms with Crippen LogP contribution in [0.3, 0.4) is 0 Å². The maximum Gasteiger partial charge on any atom is 0.426 e. The monoisotopic (exact) mass is 618 g/mol. The molecule has 12 heteroatoms. The lowest BCUT2D eigenvalue weighted by Gasteiger charge is -2.33. The van der Waals surface area contributed by atoms with E-state index in [2.05, 4.69) is 16.0 Å². The number of anilines is 1. The summed E-state index contributed by atoms with van der Waals surface area (Å²) in [5, 5.41) is 5.33. The summed E-state index contributed by atoms with van der Waals surface area (Å²) in [5.41, 5.74) is 6.17. The summed E-state index contributed by atoms with van der Waals surface area (Å²) < 4.78 is 32.0. The second kappa shape index (κ2) is 12.5. The molecule has 2 N–H and O–H groups in total. The maximum atomic E-state index is 14.9. The van der Waals surface area contributed by atoms with Crippen LogP contribution in [0.4, 0.5) is 14.9 Å². The van der Waals surface area contributed by atoms with Gasteiger partial charge in [0.2, 0.25) is 0 Å². The molecule has 2 aromatic carbocycles. The highest BCUT2D eigenvalue weighted by Gasteiger charge is 2.34. The van der Waals surface area contributed by atoms with Gasteiger partial charge < -0.3 is 18.9 Å². The van der Waals surface area contributed by atoms with Crippen LogP contribution in [0.5, 0.6) is 0 Å². The summed E-state index contributed by atoms with van der Waals surface area (Å²) in [5.74, 6) is -0.311. The first-order valence-electron chi connectivity index (χ1n) is 13.9. The van der Waals surface area contributed by atoms with Gasteiger partial charge >= 0.3 is 6.09 Å². The number of hydrogen-bond donors (Lipinski definition) is 2. The fourth-order valence-corrected chi connectivity index (χ4v) is 5.47. The van der Waals surface area contributed by atoms with Crippen LogP contribution in [0.25, 0.3) is 11.3 Å². The summed E-state index contributed by atoms with van der Waals surface area (Å²) in [6, 6.07) is 9.74. The average molecular weight is 620 g/mol. The number of carbonyl (C=O) groups excluding carboxylic acids is 2. The molecule has 0 radical (unpaired) electrons. The van der Waals surface area contributed by atoms with Crippen molar-refractivity contribution in [3.05, 3.63) is 69.1 Å². The first-order chi connectivity index (χ1) is 20.0. The Morgan fingerprint density at radius 2 is 1.76 bits per heavy atom. The van der Waals surface area contributed by atoms with E-state index in [1.54, 1.807) is 45.0 Å². The molecule has 42 heavy (non-hydrogen) atoms. The summed E-state index contributed by atoms with van der Waals surface area (Å²) in [7, 11) is 0. The molecular formula is C30H33Cl2FN4O5. The molecule has 224 valence electrons. The Morgan fingerprint density at radius 1 is 1.07 bits per heavy atom. The topological polar surface area (TPSA) is 106 Å². The molecule has 3 aromatic rings. The lowest BCUT2D eigenvalue weighted by molar-refractivity contribution is 0.0246. The minimum Gasteiger partial charge on any atom is -0.443 e. The number of halogens is 3. The number of benzene rings is 2. The van der Waals surface area contributed by atoms with E-state index in [0.717, 1.165) is 37.0 Å². The Balaban J connectivity index is 1.17. The molecule has 1 saturated heterocycles. The summed E-state index contributed by atoms with van der Waals surface area (Å²) in [6.45, 7) is 6.71. The normalized spacial score (nSPS) is 15.9. The van der Waals surface area contributed by atoms with Crippen molar-refractivity contribution in [2.24, 2.45) is 0 Å². The smallest absolute Gasteiger partial charge is 0.426 e. The van der Waals surface area contributed by atoms with Gasteiger partial charge in [0.1, 0.15) is 22.9 Å². The van der Waals surface area contributed by atoms with Gasteiger partial charge in [-0.25, -0.2) is 14.6 Å². The quantitative estimate of drug-likeness (QED) is 0.274. The molecule has 2 heterocycles. The standard InChI is InChI=1S/C30H33Cl2FN4O5/c1-30(2,3)41-29(39)35-34-28(38)20-10-9-18(15-24(20)33)37-13-11-19(12-14-37)40-16-21-26(36-42-27(21)17-7-8-17)25-22(31)5-4-6-23(25)32/h4-6,9-10,15,17,19H,7-8,11-14,16H2,1-3H3,(H,34,38)(H,35,39). The van der Waals surface area contributed by atoms with Gasteiger partial charge in [0.15, 0.2) is 0 Å². The second-order valence-electron chi connectivity index (χ2n) is 11.5. The van der Waals surface area contributed by atoms with Crippen LogP contribution in [-0.2, 0) is 16.1 Å². The number of ether oxygens (including phenoxy) is 2. The first kappa shape index (κ1) is 30.1. The first-order valence-corrected chi connectivity index (χ1v) is 14.6. The third-order valence-electron chi connectivity index (χ3n) is 7.11. The zero-order valence-corrected chi connectivity index (χ0v) is 25.1. The minimum atomic E-state index is -0.838. The van der Waals surface area contributed by atoms with Crippen LogP contribution in [0, 0.1) is 5.82 Å². The number of nitrogens with one attached hydrogen (secondary N) is 2. The molecule has 2 fully saturated rings. The van der Waals surface area contributed by atoms with Crippen LogP contribution < -0.4 is 15.8 Å². The molecule has 1 aliphatic carbocycles. The summed E-state index contributed by atoms with van der Waals surface area (Å²) in [4.78, 5) is 26.2. The highest BCUT2D eigenvalue weighted by atomic mass is 35.5. The third-order valence-corrected chi connectivity index (χ3v) is 7.74. The van der Waals surface area contributed by atoms with Crippen LogP contribution in [0.15, 0.2) is 40.9 Å². The molecule has 9 nitrogen and oxygen atoms in total. The molecule has 0 bridgehead atoms. The van der Waals surface area contributed by atoms with Gasteiger partial charge in [-0.2, -0.15) is 0 Å². The molecule has 1 aromatic heterocycles. The van der Waals surface area contributed by atoms with E-state index < -0.39 is 23.4 Å². The fraction of sp³-hybridized carbons (Fsp3) is 0.433. The van der Waals surface area contributed by atoms with Crippen molar-refractivity contribution in [3.63, 3.8) is 0 Å². The highest BCUT2D eigenvalue weighted by molar-refractivity contribution is 6.39. The average Bonchev–Trinajstić information content (AvgIpc) is 3.70. The van der Waals surface area contributed by atoms with Crippen molar-refractivity contribution in [2.45, 2.75) is 70.7 Å². The molecule has 0 spiro atoms. The highest BCUT2D eigenvalue weighted by Crippen LogP contribution is 2.46. The van der Waals surface area contributed by atoms with Crippen molar-refractivity contribution in [3.8, 4) is 11.3 Å². The number of piperidine rings is 1. The molecule has 0 atom stereocenters. The molecular weight excluding hydrogens is 586 g/mol. The molecule has 1 aliphatic heterocycles. The van der Waals surface area contributed by atoms with Gasteiger partial charge in [-0.05, 0) is 76.8 Å². The number of hydrazine groups is 1. The van der Waals surface area contributed by atoms with E-state index in [-0.39, 0.29) is 11.7 Å². The van der Waals surface area contributed by atoms with Gasteiger partial charge in [0.25, 0.3) is 5.91 Å². The number of carbonyl (C=O) groups is 2. The van der Waals surface area contributed by atoms with E-state index >= 15 is 0 Å².